The van der Waals surface area contributed by atoms with Crippen LogP contribution >= 0.6 is 0 Å². The van der Waals surface area contributed by atoms with Gasteiger partial charge in [0.2, 0.25) is 0 Å². The van der Waals surface area contributed by atoms with E-state index in [2.05, 4.69) is 25.9 Å². The van der Waals surface area contributed by atoms with Crippen molar-refractivity contribution in [3.63, 3.8) is 0 Å². The molecule has 5 nitrogen and oxygen atoms in total. The molecule has 1 aromatic carbocycles. The van der Waals surface area contributed by atoms with Crippen LogP contribution in [0.3, 0.4) is 0 Å². The lowest BCUT2D eigenvalue weighted by molar-refractivity contribution is 0.0781. The van der Waals surface area contributed by atoms with Crippen LogP contribution in [0.1, 0.15) is 23.0 Å². The Balaban J connectivity index is 1.97. The number of hydrogen-bond donors (Lipinski definition) is 0. The summed E-state index contributed by atoms with van der Waals surface area (Å²) in [5, 5.41) is 0.827. The first kappa shape index (κ1) is 15.9. The molecule has 1 aliphatic heterocycles. The molecule has 1 fully saturated rings. The third kappa shape index (κ3) is 2.70. The minimum atomic E-state index is 0.0469. The molecule has 1 aromatic heterocycles. The third-order valence-corrected chi connectivity index (χ3v) is 4.81. The summed E-state index contributed by atoms with van der Waals surface area (Å²) in [6.45, 7) is 5.57. The Morgan fingerprint density at radius 2 is 2.09 bits per heavy atom. The maximum Gasteiger partial charge on any atom is 0.258 e. The van der Waals surface area contributed by atoms with E-state index in [1.807, 2.05) is 30.0 Å². The summed E-state index contributed by atoms with van der Waals surface area (Å²) in [6.07, 6.45) is 0. The molecule has 1 amide bonds. The van der Waals surface area contributed by atoms with Gasteiger partial charge in [0.25, 0.3) is 5.91 Å². The average molecular weight is 316 g/mol. The van der Waals surface area contributed by atoms with Gasteiger partial charge in [-0.15, -0.1) is 0 Å². The number of likely N-dealkylation sites (N-methyl/N-ethyl adjacent to an activating group) is 1. The Hall–Kier alpha value is -2.01. The minimum Gasteiger partial charge on any atom is -0.497 e. The summed E-state index contributed by atoms with van der Waals surface area (Å²) in [6, 6.07) is 5.97. The van der Waals surface area contributed by atoms with Crippen molar-refractivity contribution in [3.05, 3.63) is 29.5 Å². The Morgan fingerprint density at radius 1 is 1.35 bits per heavy atom. The molecule has 0 radical (unpaired) electrons. The molecular formula is C18H24N2O3. The molecule has 5 heteroatoms. The molecule has 2 heterocycles. The first-order valence-electron chi connectivity index (χ1n) is 7.95. The smallest absolute Gasteiger partial charge is 0.258 e. The molecule has 1 aliphatic rings. The highest BCUT2D eigenvalue weighted by molar-refractivity contribution is 6.07. The van der Waals surface area contributed by atoms with E-state index >= 15 is 0 Å². The van der Waals surface area contributed by atoms with Gasteiger partial charge >= 0.3 is 0 Å². The number of furan rings is 1. The van der Waals surface area contributed by atoms with Gasteiger partial charge in [0.05, 0.1) is 12.7 Å². The monoisotopic (exact) mass is 316 g/mol. The lowest BCUT2D eigenvalue weighted by atomic mass is 10.1. The number of likely N-dealkylation sites (tertiary alicyclic amines) is 1. The Kier molecular flexibility index (Phi) is 4.06. The molecule has 0 N–H and O–H groups in total. The number of ether oxygens (including phenoxy) is 1. The fourth-order valence-electron chi connectivity index (χ4n) is 3.54. The number of hydrogen-bond acceptors (Lipinski definition) is 4. The molecule has 2 aromatic rings. The van der Waals surface area contributed by atoms with E-state index in [0.717, 1.165) is 29.8 Å². The predicted molar refractivity (Wildman–Crippen MR) is 90.0 cm³/mol. The average Bonchev–Trinajstić information content (AvgIpc) is 3.05. The molecule has 0 bridgehead atoms. The second-order valence-electron chi connectivity index (χ2n) is 6.61. The predicted octanol–water partition coefficient (Wildman–Crippen LogP) is 2.77. The van der Waals surface area contributed by atoms with Gasteiger partial charge in [0.1, 0.15) is 17.1 Å². The highest BCUT2D eigenvalue weighted by atomic mass is 16.5. The number of carbonyl (C=O) groups is 1. The highest BCUT2D eigenvalue weighted by Gasteiger charge is 2.35. The van der Waals surface area contributed by atoms with E-state index < -0.39 is 0 Å². The van der Waals surface area contributed by atoms with Gasteiger partial charge in [-0.1, -0.05) is 6.92 Å². The lowest BCUT2D eigenvalue weighted by Gasteiger charge is -2.22. The number of benzene rings is 1. The van der Waals surface area contributed by atoms with Gasteiger partial charge in [-0.05, 0) is 45.1 Å². The van der Waals surface area contributed by atoms with Crippen molar-refractivity contribution >= 4 is 16.9 Å². The number of carbonyl (C=O) groups excluding carboxylic acids is 1. The van der Waals surface area contributed by atoms with Crippen molar-refractivity contribution in [2.24, 2.45) is 5.92 Å². The molecule has 23 heavy (non-hydrogen) atoms. The van der Waals surface area contributed by atoms with Crippen LogP contribution in [0.4, 0.5) is 0 Å². The zero-order chi connectivity index (χ0) is 16.7. The normalized spacial score (nSPS) is 21.4. The van der Waals surface area contributed by atoms with Gasteiger partial charge in [-0.25, -0.2) is 0 Å². The zero-order valence-electron chi connectivity index (χ0n) is 14.4. The fourth-order valence-corrected chi connectivity index (χ4v) is 3.54. The van der Waals surface area contributed by atoms with E-state index in [1.165, 1.54) is 0 Å². The third-order valence-electron chi connectivity index (χ3n) is 4.81. The van der Waals surface area contributed by atoms with Crippen LogP contribution in [-0.4, -0.2) is 56.0 Å². The molecule has 0 aliphatic carbocycles. The minimum absolute atomic E-state index is 0.0469. The van der Waals surface area contributed by atoms with Crippen LogP contribution in [-0.2, 0) is 0 Å². The van der Waals surface area contributed by atoms with Crippen molar-refractivity contribution in [1.29, 1.82) is 0 Å². The summed E-state index contributed by atoms with van der Waals surface area (Å²) in [7, 11) is 5.76. The van der Waals surface area contributed by atoms with Gasteiger partial charge in [-0.2, -0.15) is 0 Å². The van der Waals surface area contributed by atoms with Gasteiger partial charge < -0.3 is 19.0 Å². The van der Waals surface area contributed by atoms with Gasteiger partial charge in [0, 0.05) is 24.5 Å². The number of rotatable bonds is 3. The van der Waals surface area contributed by atoms with Crippen molar-refractivity contribution in [2.75, 3.05) is 34.3 Å². The summed E-state index contributed by atoms with van der Waals surface area (Å²) >= 11 is 0. The van der Waals surface area contributed by atoms with Crippen LogP contribution in [0.2, 0.25) is 0 Å². The number of amides is 1. The van der Waals surface area contributed by atoms with Crippen LogP contribution in [0.5, 0.6) is 5.75 Å². The van der Waals surface area contributed by atoms with Crippen molar-refractivity contribution in [2.45, 2.75) is 19.9 Å². The first-order chi connectivity index (χ1) is 10.9. The lowest BCUT2D eigenvalue weighted by Crippen LogP contribution is -2.35. The second kappa shape index (κ2) is 5.89. The molecule has 2 atom stereocenters. The largest absolute Gasteiger partial charge is 0.497 e. The molecule has 0 saturated carbocycles. The molecule has 1 saturated heterocycles. The summed E-state index contributed by atoms with van der Waals surface area (Å²) in [4.78, 5) is 17.2. The van der Waals surface area contributed by atoms with Crippen LogP contribution in [0.25, 0.3) is 11.0 Å². The standard InChI is InChI=1S/C18H24N2O3/c1-11-9-20(10-15(11)19(3)4)18(21)17-12(2)23-16-7-6-13(22-5)8-14(16)17/h6-8,11,15H,9-10H2,1-5H3. The SMILES string of the molecule is COc1ccc2oc(C)c(C(=O)N3CC(C)C(N(C)C)C3)c2c1. The maximum atomic E-state index is 13.1. The van der Waals surface area contributed by atoms with Crippen molar-refractivity contribution < 1.29 is 13.9 Å². The summed E-state index contributed by atoms with van der Waals surface area (Å²) in [5.74, 6) is 1.90. The molecule has 3 rings (SSSR count). The quantitative estimate of drug-likeness (QED) is 0.873. The zero-order valence-corrected chi connectivity index (χ0v) is 14.4. The maximum absolute atomic E-state index is 13.1. The van der Waals surface area contributed by atoms with E-state index in [-0.39, 0.29) is 5.91 Å². The Bertz CT molecular complexity index is 735. The van der Waals surface area contributed by atoms with Crippen LogP contribution in [0.15, 0.2) is 22.6 Å². The van der Waals surface area contributed by atoms with E-state index in [0.29, 0.717) is 23.3 Å². The van der Waals surface area contributed by atoms with E-state index in [1.54, 1.807) is 7.11 Å². The van der Waals surface area contributed by atoms with Gasteiger partial charge in [-0.3, -0.25) is 4.79 Å². The number of aryl methyl sites for hydroxylation is 1. The molecular weight excluding hydrogens is 292 g/mol. The van der Waals surface area contributed by atoms with Crippen molar-refractivity contribution in [3.8, 4) is 5.75 Å². The number of nitrogens with zero attached hydrogens (tertiary/aromatic N) is 2. The molecule has 0 spiro atoms. The van der Waals surface area contributed by atoms with E-state index in [9.17, 15) is 4.79 Å². The second-order valence-corrected chi connectivity index (χ2v) is 6.61. The number of methoxy groups -OCH3 is 1. The van der Waals surface area contributed by atoms with Crippen LogP contribution < -0.4 is 4.74 Å². The fraction of sp³-hybridized carbons (Fsp3) is 0.500. The van der Waals surface area contributed by atoms with Crippen LogP contribution in [0, 0.1) is 12.8 Å². The number of fused-ring (bicyclic) bond motifs is 1. The Morgan fingerprint density at radius 3 is 2.70 bits per heavy atom. The highest BCUT2D eigenvalue weighted by Crippen LogP contribution is 2.31. The summed E-state index contributed by atoms with van der Waals surface area (Å²) < 4.78 is 11.1. The molecule has 124 valence electrons. The summed E-state index contributed by atoms with van der Waals surface area (Å²) in [5.41, 5.74) is 1.38. The van der Waals surface area contributed by atoms with Crippen molar-refractivity contribution in [1.82, 2.24) is 9.80 Å². The topological polar surface area (TPSA) is 45.9 Å². The Labute approximate surface area is 136 Å². The van der Waals surface area contributed by atoms with E-state index in [4.69, 9.17) is 9.15 Å². The van der Waals surface area contributed by atoms with Gasteiger partial charge in [0.15, 0.2) is 0 Å². The first-order valence-corrected chi connectivity index (χ1v) is 7.95. The molecule has 2 unspecified atom stereocenters.